The standard InChI is InChI=1S/C14H19NO4S/c1-17-11-7-5-6-10(8-11)15-13(20-4)9-12(16)14(18-2)19-3/h5-9,14-15H,1-4H3/b13-9+. The summed E-state index contributed by atoms with van der Waals surface area (Å²) in [5.41, 5.74) is 0.837. The number of thioether (sulfide) groups is 1. The highest BCUT2D eigenvalue weighted by atomic mass is 32.2. The predicted molar refractivity (Wildman–Crippen MR) is 81.0 cm³/mol. The third-order valence-corrected chi connectivity index (χ3v) is 3.15. The zero-order valence-corrected chi connectivity index (χ0v) is 12.8. The van der Waals surface area contributed by atoms with Gasteiger partial charge in [-0.05, 0) is 18.4 Å². The molecule has 0 fully saturated rings. The fraction of sp³-hybridized carbons (Fsp3) is 0.357. The van der Waals surface area contributed by atoms with Gasteiger partial charge in [0.1, 0.15) is 5.75 Å². The van der Waals surface area contributed by atoms with Crippen LogP contribution in [0.15, 0.2) is 35.4 Å². The van der Waals surface area contributed by atoms with Crippen LogP contribution in [0.2, 0.25) is 0 Å². The van der Waals surface area contributed by atoms with Crippen LogP contribution >= 0.6 is 11.8 Å². The minimum absolute atomic E-state index is 0.255. The molecule has 0 aliphatic heterocycles. The second-order valence-corrected chi connectivity index (χ2v) is 4.62. The van der Waals surface area contributed by atoms with E-state index in [0.29, 0.717) is 5.03 Å². The summed E-state index contributed by atoms with van der Waals surface area (Å²) in [6.45, 7) is 0. The summed E-state index contributed by atoms with van der Waals surface area (Å²) in [5.74, 6) is 0.489. The first kappa shape index (κ1) is 16.6. The summed E-state index contributed by atoms with van der Waals surface area (Å²) in [7, 11) is 4.46. The Balaban J connectivity index is 2.82. The molecule has 0 aliphatic carbocycles. The third-order valence-electron chi connectivity index (χ3n) is 2.49. The van der Waals surface area contributed by atoms with E-state index in [1.165, 1.54) is 32.1 Å². The van der Waals surface area contributed by atoms with Gasteiger partial charge in [0, 0.05) is 32.0 Å². The first-order valence-corrected chi connectivity index (χ1v) is 7.13. The quantitative estimate of drug-likeness (QED) is 0.588. The maximum Gasteiger partial charge on any atom is 0.221 e. The van der Waals surface area contributed by atoms with E-state index in [4.69, 9.17) is 14.2 Å². The van der Waals surface area contributed by atoms with Crippen molar-refractivity contribution in [3.63, 3.8) is 0 Å². The molecule has 0 heterocycles. The lowest BCUT2D eigenvalue weighted by atomic mass is 10.3. The molecular weight excluding hydrogens is 278 g/mol. The fourth-order valence-corrected chi connectivity index (χ4v) is 1.97. The van der Waals surface area contributed by atoms with Crippen LogP contribution in [-0.4, -0.2) is 39.7 Å². The zero-order valence-electron chi connectivity index (χ0n) is 12.0. The molecule has 0 amide bonds. The van der Waals surface area contributed by atoms with Gasteiger partial charge in [0.2, 0.25) is 12.1 Å². The van der Waals surface area contributed by atoms with Crippen LogP contribution in [0, 0.1) is 0 Å². The highest BCUT2D eigenvalue weighted by Gasteiger charge is 2.15. The highest BCUT2D eigenvalue weighted by Crippen LogP contribution is 2.21. The van der Waals surface area contributed by atoms with Gasteiger partial charge < -0.3 is 19.5 Å². The van der Waals surface area contributed by atoms with Gasteiger partial charge in [0.25, 0.3) is 0 Å². The lowest BCUT2D eigenvalue weighted by Crippen LogP contribution is -2.23. The van der Waals surface area contributed by atoms with Crippen LogP contribution in [0.1, 0.15) is 0 Å². The van der Waals surface area contributed by atoms with E-state index in [0.717, 1.165) is 11.4 Å². The summed E-state index contributed by atoms with van der Waals surface area (Å²) < 4.78 is 15.0. The van der Waals surface area contributed by atoms with Crippen molar-refractivity contribution >= 4 is 23.2 Å². The van der Waals surface area contributed by atoms with E-state index in [1.807, 2.05) is 30.5 Å². The van der Waals surface area contributed by atoms with Crippen molar-refractivity contribution in [3.8, 4) is 5.75 Å². The van der Waals surface area contributed by atoms with Gasteiger partial charge in [0.15, 0.2) is 0 Å². The number of ether oxygens (including phenoxy) is 3. The van der Waals surface area contributed by atoms with Crippen LogP contribution in [0.5, 0.6) is 5.75 Å². The Kier molecular flexibility index (Phi) is 7.14. The molecule has 0 saturated carbocycles. The molecule has 0 atom stereocenters. The number of methoxy groups -OCH3 is 3. The second-order valence-electron chi connectivity index (χ2n) is 3.78. The molecule has 0 aromatic heterocycles. The molecule has 0 unspecified atom stereocenters. The van der Waals surface area contributed by atoms with Crippen LogP contribution < -0.4 is 10.1 Å². The first-order chi connectivity index (χ1) is 9.64. The van der Waals surface area contributed by atoms with Crippen molar-refractivity contribution in [1.29, 1.82) is 0 Å². The van der Waals surface area contributed by atoms with Crippen LogP contribution in [-0.2, 0) is 14.3 Å². The number of hydrogen-bond acceptors (Lipinski definition) is 6. The van der Waals surface area contributed by atoms with Gasteiger partial charge in [-0.2, -0.15) is 0 Å². The highest BCUT2D eigenvalue weighted by molar-refractivity contribution is 8.02. The Morgan fingerprint density at radius 2 is 2.00 bits per heavy atom. The number of rotatable bonds is 8. The molecule has 5 nitrogen and oxygen atoms in total. The molecule has 1 rings (SSSR count). The SMILES string of the molecule is COc1cccc(N/C(=C\C(=O)C(OC)OC)SC)c1. The predicted octanol–water partition coefficient (Wildman–Crippen LogP) is 2.50. The van der Waals surface area contributed by atoms with E-state index in [1.54, 1.807) is 7.11 Å². The Hall–Kier alpha value is -1.50. The lowest BCUT2D eigenvalue weighted by Gasteiger charge is -2.12. The van der Waals surface area contributed by atoms with Gasteiger partial charge >= 0.3 is 0 Å². The Morgan fingerprint density at radius 3 is 2.55 bits per heavy atom. The van der Waals surface area contributed by atoms with Crippen molar-refractivity contribution < 1.29 is 19.0 Å². The zero-order chi connectivity index (χ0) is 15.0. The van der Waals surface area contributed by atoms with Crippen molar-refractivity contribution in [3.05, 3.63) is 35.4 Å². The normalized spacial score (nSPS) is 11.6. The van der Waals surface area contributed by atoms with Crippen LogP contribution in [0.25, 0.3) is 0 Å². The monoisotopic (exact) mass is 297 g/mol. The Labute approximate surface area is 123 Å². The molecule has 0 saturated heterocycles. The maximum absolute atomic E-state index is 11.9. The van der Waals surface area contributed by atoms with E-state index in [9.17, 15) is 4.79 Å². The third kappa shape index (κ3) is 4.88. The number of carbonyl (C=O) groups is 1. The molecule has 0 radical (unpaired) electrons. The minimum Gasteiger partial charge on any atom is -0.497 e. The van der Waals surface area contributed by atoms with Gasteiger partial charge in [-0.3, -0.25) is 4.79 Å². The number of carbonyl (C=O) groups excluding carboxylic acids is 1. The summed E-state index contributed by atoms with van der Waals surface area (Å²) in [4.78, 5) is 11.9. The molecule has 1 N–H and O–H groups in total. The largest absolute Gasteiger partial charge is 0.497 e. The number of benzene rings is 1. The van der Waals surface area contributed by atoms with Crippen molar-refractivity contribution in [2.24, 2.45) is 0 Å². The van der Waals surface area contributed by atoms with Gasteiger partial charge in [-0.1, -0.05) is 6.07 Å². The summed E-state index contributed by atoms with van der Waals surface area (Å²) in [5, 5.41) is 3.85. The van der Waals surface area contributed by atoms with Crippen molar-refractivity contribution in [2.45, 2.75) is 6.29 Å². The minimum atomic E-state index is -0.885. The van der Waals surface area contributed by atoms with Crippen LogP contribution in [0.4, 0.5) is 5.69 Å². The molecule has 20 heavy (non-hydrogen) atoms. The maximum atomic E-state index is 11.9. The molecule has 1 aromatic carbocycles. The topological polar surface area (TPSA) is 56.8 Å². The lowest BCUT2D eigenvalue weighted by molar-refractivity contribution is -0.151. The fourth-order valence-electron chi connectivity index (χ4n) is 1.51. The van der Waals surface area contributed by atoms with E-state index in [2.05, 4.69) is 5.32 Å². The molecule has 0 spiro atoms. The summed E-state index contributed by atoms with van der Waals surface area (Å²) in [6.07, 6.45) is 2.45. The van der Waals surface area contributed by atoms with Crippen molar-refractivity contribution in [1.82, 2.24) is 0 Å². The molecular formula is C14H19NO4S. The second kappa shape index (κ2) is 8.63. The average Bonchev–Trinajstić information content (AvgIpc) is 2.48. The van der Waals surface area contributed by atoms with Gasteiger partial charge in [-0.15, -0.1) is 11.8 Å². The molecule has 6 heteroatoms. The van der Waals surface area contributed by atoms with E-state index < -0.39 is 6.29 Å². The van der Waals surface area contributed by atoms with E-state index in [-0.39, 0.29) is 5.78 Å². The van der Waals surface area contributed by atoms with Gasteiger partial charge in [-0.25, -0.2) is 0 Å². The Bertz CT molecular complexity index is 472. The molecule has 1 aromatic rings. The molecule has 110 valence electrons. The Morgan fingerprint density at radius 1 is 1.30 bits per heavy atom. The summed E-state index contributed by atoms with van der Waals surface area (Å²) in [6, 6.07) is 7.46. The number of nitrogens with one attached hydrogen (secondary N) is 1. The van der Waals surface area contributed by atoms with E-state index >= 15 is 0 Å². The average molecular weight is 297 g/mol. The number of ketones is 1. The van der Waals surface area contributed by atoms with Gasteiger partial charge in [0.05, 0.1) is 12.1 Å². The summed E-state index contributed by atoms with van der Waals surface area (Å²) >= 11 is 1.42. The van der Waals surface area contributed by atoms with Crippen molar-refractivity contribution in [2.75, 3.05) is 32.9 Å². The molecule has 0 aliphatic rings. The van der Waals surface area contributed by atoms with Crippen LogP contribution in [0.3, 0.4) is 0 Å². The number of anilines is 1. The first-order valence-electron chi connectivity index (χ1n) is 5.90. The smallest absolute Gasteiger partial charge is 0.221 e. The molecule has 0 bridgehead atoms. The number of hydrogen-bond donors (Lipinski definition) is 1.